The zero-order valence-corrected chi connectivity index (χ0v) is 13.3. The minimum atomic E-state index is 0.163. The molecule has 0 spiro atoms. The van der Waals surface area contributed by atoms with Crippen LogP contribution in [0.2, 0.25) is 0 Å². The van der Waals surface area contributed by atoms with E-state index < -0.39 is 0 Å². The third-order valence-corrected chi connectivity index (χ3v) is 3.95. The van der Waals surface area contributed by atoms with Gasteiger partial charge in [-0.05, 0) is 24.1 Å². The molecule has 0 bridgehead atoms. The molecule has 0 N–H and O–H groups in total. The van der Waals surface area contributed by atoms with Gasteiger partial charge in [0.15, 0.2) is 0 Å². The molecular formula is C16H25NS. The van der Waals surface area contributed by atoms with Crippen LogP contribution in [0.1, 0.15) is 58.5 Å². The summed E-state index contributed by atoms with van der Waals surface area (Å²) in [7, 11) is 0. The van der Waals surface area contributed by atoms with Crippen LogP contribution in [0.15, 0.2) is 18.2 Å². The number of aryl methyl sites for hydroxylation is 1. The number of fused-ring (bicyclic) bond motifs is 1. The quantitative estimate of drug-likeness (QED) is 0.655. The average Bonchev–Trinajstić information content (AvgIpc) is 2.72. The first-order chi connectivity index (χ1) is 8.42. The molecule has 1 nitrogen and oxygen atoms in total. The first kappa shape index (κ1) is 15.2. The molecule has 2 aromatic rings. The molecule has 1 aromatic heterocycles. The molecule has 2 rings (SSSR count). The summed E-state index contributed by atoms with van der Waals surface area (Å²) in [6.07, 6.45) is 2.35. The Kier molecular flexibility index (Phi) is 5.33. The zero-order chi connectivity index (χ0) is 13.8. The molecule has 0 atom stereocenters. The van der Waals surface area contributed by atoms with Crippen molar-refractivity contribution in [1.82, 2.24) is 4.98 Å². The van der Waals surface area contributed by atoms with E-state index in [2.05, 4.69) is 64.7 Å². The predicted octanol–water partition coefficient (Wildman–Crippen LogP) is 5.57. The van der Waals surface area contributed by atoms with Crippen molar-refractivity contribution >= 4 is 21.6 Å². The molecule has 0 saturated heterocycles. The second kappa shape index (κ2) is 6.33. The number of nitrogens with zero attached hydrogens (tertiary/aromatic N) is 1. The highest BCUT2D eigenvalue weighted by molar-refractivity contribution is 7.18. The Bertz CT molecular complexity index is 491. The standard InChI is InChI=1S/C13H17NS.C3H8/c1-5-9-6-7-10-11(8-9)15-12(14-10)13(2,3)4;1-3-2/h6-8H,5H2,1-4H3;3H2,1-2H3. The van der Waals surface area contributed by atoms with Crippen molar-refractivity contribution in [2.45, 2.75) is 59.8 Å². The number of benzene rings is 1. The SMILES string of the molecule is CCC.CCc1ccc2nc(C(C)(C)C)sc2c1. The summed E-state index contributed by atoms with van der Waals surface area (Å²) in [5, 5.41) is 1.23. The Balaban J connectivity index is 0.000000492. The van der Waals surface area contributed by atoms with Gasteiger partial charge in [-0.3, -0.25) is 0 Å². The molecule has 2 heteroatoms. The van der Waals surface area contributed by atoms with Crippen LogP contribution in [0.3, 0.4) is 0 Å². The minimum absolute atomic E-state index is 0.163. The van der Waals surface area contributed by atoms with Crippen molar-refractivity contribution in [1.29, 1.82) is 0 Å². The van der Waals surface area contributed by atoms with E-state index in [0.717, 1.165) is 11.9 Å². The second-order valence-electron chi connectivity index (χ2n) is 5.63. The average molecular weight is 263 g/mol. The summed E-state index contributed by atoms with van der Waals surface area (Å²) in [6, 6.07) is 6.58. The first-order valence-electron chi connectivity index (χ1n) is 6.82. The summed E-state index contributed by atoms with van der Waals surface area (Å²) >= 11 is 1.82. The number of thiazole rings is 1. The number of hydrogen-bond donors (Lipinski definition) is 0. The number of aromatic nitrogens is 1. The van der Waals surface area contributed by atoms with Gasteiger partial charge in [-0.2, -0.15) is 0 Å². The Labute approximate surface area is 115 Å². The van der Waals surface area contributed by atoms with E-state index in [-0.39, 0.29) is 5.41 Å². The zero-order valence-electron chi connectivity index (χ0n) is 12.5. The smallest absolute Gasteiger partial charge is 0.0992 e. The summed E-state index contributed by atoms with van der Waals surface area (Å²) in [6.45, 7) is 13.1. The summed E-state index contributed by atoms with van der Waals surface area (Å²) in [5.41, 5.74) is 2.70. The van der Waals surface area contributed by atoms with Gasteiger partial charge in [0.2, 0.25) is 0 Å². The van der Waals surface area contributed by atoms with Crippen molar-refractivity contribution in [2.24, 2.45) is 0 Å². The van der Waals surface area contributed by atoms with Crippen LogP contribution >= 0.6 is 11.3 Å². The molecule has 0 radical (unpaired) electrons. The van der Waals surface area contributed by atoms with Crippen LogP contribution in [-0.2, 0) is 11.8 Å². The van der Waals surface area contributed by atoms with Gasteiger partial charge in [-0.15, -0.1) is 11.3 Å². The minimum Gasteiger partial charge on any atom is -0.241 e. The van der Waals surface area contributed by atoms with Crippen molar-refractivity contribution in [2.75, 3.05) is 0 Å². The number of rotatable bonds is 1. The van der Waals surface area contributed by atoms with Crippen LogP contribution in [0.25, 0.3) is 10.2 Å². The van der Waals surface area contributed by atoms with Crippen LogP contribution < -0.4 is 0 Å². The highest BCUT2D eigenvalue weighted by atomic mass is 32.1. The largest absolute Gasteiger partial charge is 0.241 e. The highest BCUT2D eigenvalue weighted by Crippen LogP contribution is 2.31. The van der Waals surface area contributed by atoms with E-state index in [4.69, 9.17) is 0 Å². The molecule has 0 saturated carbocycles. The third-order valence-electron chi connectivity index (χ3n) is 2.50. The van der Waals surface area contributed by atoms with Gasteiger partial charge in [-0.1, -0.05) is 54.0 Å². The summed E-state index contributed by atoms with van der Waals surface area (Å²) in [4.78, 5) is 4.68. The van der Waals surface area contributed by atoms with Gasteiger partial charge in [0, 0.05) is 5.41 Å². The fourth-order valence-electron chi connectivity index (χ4n) is 1.51. The van der Waals surface area contributed by atoms with Gasteiger partial charge in [0.05, 0.1) is 15.2 Å². The van der Waals surface area contributed by atoms with E-state index in [1.54, 1.807) is 0 Å². The number of hydrogen-bond acceptors (Lipinski definition) is 2. The van der Waals surface area contributed by atoms with E-state index >= 15 is 0 Å². The third kappa shape index (κ3) is 3.81. The Hall–Kier alpha value is -0.890. The Morgan fingerprint density at radius 2 is 1.72 bits per heavy atom. The molecule has 0 aliphatic heterocycles. The van der Waals surface area contributed by atoms with Gasteiger partial charge < -0.3 is 0 Å². The molecule has 0 unspecified atom stereocenters. The lowest BCUT2D eigenvalue weighted by Gasteiger charge is -2.13. The molecule has 0 amide bonds. The maximum atomic E-state index is 4.68. The monoisotopic (exact) mass is 263 g/mol. The molecular weight excluding hydrogens is 238 g/mol. The highest BCUT2D eigenvalue weighted by Gasteiger charge is 2.18. The van der Waals surface area contributed by atoms with Crippen LogP contribution in [-0.4, -0.2) is 4.98 Å². The fourth-order valence-corrected chi connectivity index (χ4v) is 2.60. The summed E-state index contributed by atoms with van der Waals surface area (Å²) in [5.74, 6) is 0. The van der Waals surface area contributed by atoms with Gasteiger partial charge >= 0.3 is 0 Å². The molecule has 1 aromatic carbocycles. The first-order valence-corrected chi connectivity index (χ1v) is 7.63. The van der Waals surface area contributed by atoms with Gasteiger partial charge in [0.1, 0.15) is 0 Å². The van der Waals surface area contributed by atoms with E-state index in [1.807, 2.05) is 11.3 Å². The van der Waals surface area contributed by atoms with Crippen molar-refractivity contribution in [3.63, 3.8) is 0 Å². The van der Waals surface area contributed by atoms with Crippen molar-refractivity contribution in [3.05, 3.63) is 28.8 Å². The Morgan fingerprint density at radius 3 is 2.22 bits per heavy atom. The maximum absolute atomic E-state index is 4.68. The normalized spacial score (nSPS) is 11.2. The maximum Gasteiger partial charge on any atom is 0.0992 e. The molecule has 0 aliphatic rings. The molecule has 1 heterocycles. The lowest BCUT2D eigenvalue weighted by atomic mass is 9.98. The van der Waals surface area contributed by atoms with Gasteiger partial charge in [0.25, 0.3) is 0 Å². The lowest BCUT2D eigenvalue weighted by molar-refractivity contribution is 0.587. The molecule has 0 aliphatic carbocycles. The van der Waals surface area contributed by atoms with E-state index in [1.165, 1.54) is 21.7 Å². The summed E-state index contributed by atoms with van der Waals surface area (Å²) < 4.78 is 1.32. The molecule has 0 fully saturated rings. The van der Waals surface area contributed by atoms with E-state index in [9.17, 15) is 0 Å². The van der Waals surface area contributed by atoms with Crippen molar-refractivity contribution in [3.8, 4) is 0 Å². The second-order valence-corrected chi connectivity index (χ2v) is 6.66. The van der Waals surface area contributed by atoms with E-state index in [0.29, 0.717) is 0 Å². The van der Waals surface area contributed by atoms with Crippen LogP contribution in [0.4, 0.5) is 0 Å². The van der Waals surface area contributed by atoms with Gasteiger partial charge in [-0.25, -0.2) is 4.98 Å². The van der Waals surface area contributed by atoms with Crippen LogP contribution in [0, 0.1) is 0 Å². The molecule has 100 valence electrons. The predicted molar refractivity (Wildman–Crippen MR) is 83.7 cm³/mol. The van der Waals surface area contributed by atoms with Crippen LogP contribution in [0.5, 0.6) is 0 Å². The Morgan fingerprint density at radius 1 is 1.11 bits per heavy atom. The topological polar surface area (TPSA) is 12.9 Å². The fraction of sp³-hybridized carbons (Fsp3) is 0.562. The van der Waals surface area contributed by atoms with Crippen molar-refractivity contribution < 1.29 is 0 Å². The molecule has 18 heavy (non-hydrogen) atoms. The lowest BCUT2D eigenvalue weighted by Crippen LogP contribution is -2.09.